The van der Waals surface area contributed by atoms with Gasteiger partial charge in [-0.05, 0) is 32.0 Å². The highest BCUT2D eigenvalue weighted by Crippen LogP contribution is 2.10. The average molecular weight is 258 g/mol. The molecule has 2 heterocycles. The maximum Gasteiger partial charge on any atom is 0.268 e. The zero-order valence-electron chi connectivity index (χ0n) is 11.2. The summed E-state index contributed by atoms with van der Waals surface area (Å²) in [4.78, 5) is 16.4. The number of hydrogen-bond donors (Lipinski definition) is 2. The second-order valence-corrected chi connectivity index (χ2v) is 4.40. The summed E-state index contributed by atoms with van der Waals surface area (Å²) < 4.78 is 1.83. The minimum absolute atomic E-state index is 0.137. The van der Waals surface area contributed by atoms with Gasteiger partial charge in [-0.15, -0.1) is 0 Å². The van der Waals surface area contributed by atoms with Gasteiger partial charge < -0.3 is 15.6 Å². The van der Waals surface area contributed by atoms with Gasteiger partial charge in [0.1, 0.15) is 5.69 Å². The second-order valence-electron chi connectivity index (χ2n) is 4.40. The predicted molar refractivity (Wildman–Crippen MR) is 74.7 cm³/mol. The topological polar surface area (TPSA) is 72.9 Å². The van der Waals surface area contributed by atoms with Crippen LogP contribution in [0.15, 0.2) is 30.5 Å². The molecule has 0 aliphatic heterocycles. The number of nitrogen functional groups attached to an aromatic ring is 1. The van der Waals surface area contributed by atoms with Crippen LogP contribution in [0.2, 0.25) is 0 Å². The second kappa shape index (κ2) is 5.56. The number of carbonyl (C=O) groups excluding carboxylic acids is 1. The van der Waals surface area contributed by atoms with Gasteiger partial charge in [0.25, 0.3) is 5.91 Å². The van der Waals surface area contributed by atoms with E-state index < -0.39 is 0 Å². The number of pyridine rings is 1. The number of rotatable bonds is 4. The van der Waals surface area contributed by atoms with E-state index in [9.17, 15) is 4.79 Å². The summed E-state index contributed by atoms with van der Waals surface area (Å²) in [5.74, 6) is -0.137. The third-order valence-corrected chi connectivity index (χ3v) is 2.87. The Morgan fingerprint density at radius 3 is 2.95 bits per heavy atom. The lowest BCUT2D eigenvalue weighted by Crippen LogP contribution is -2.25. The fourth-order valence-corrected chi connectivity index (χ4v) is 1.94. The lowest BCUT2D eigenvalue weighted by molar-refractivity contribution is 0.0941. The van der Waals surface area contributed by atoms with E-state index in [0.717, 1.165) is 11.4 Å². The summed E-state index contributed by atoms with van der Waals surface area (Å²) >= 11 is 0. The Bertz CT molecular complexity index is 589. The first-order valence-corrected chi connectivity index (χ1v) is 6.26. The number of anilines is 1. The van der Waals surface area contributed by atoms with Gasteiger partial charge in [0.2, 0.25) is 0 Å². The molecule has 0 aliphatic carbocycles. The van der Waals surface area contributed by atoms with Crippen molar-refractivity contribution < 1.29 is 4.79 Å². The lowest BCUT2D eigenvalue weighted by Gasteiger charge is -2.07. The third kappa shape index (κ3) is 3.13. The summed E-state index contributed by atoms with van der Waals surface area (Å²) in [6.45, 7) is 5.02. The van der Waals surface area contributed by atoms with Crippen LogP contribution in [0.1, 0.15) is 28.8 Å². The summed E-state index contributed by atoms with van der Waals surface area (Å²) in [6.07, 6.45) is 1.76. The van der Waals surface area contributed by atoms with Crippen LogP contribution in [0, 0.1) is 6.92 Å². The molecule has 100 valence electrons. The van der Waals surface area contributed by atoms with Gasteiger partial charge in [0, 0.05) is 18.4 Å². The molecule has 5 nitrogen and oxygen atoms in total. The molecular formula is C14H18N4O. The van der Waals surface area contributed by atoms with Crippen molar-refractivity contribution in [1.82, 2.24) is 14.9 Å². The van der Waals surface area contributed by atoms with Gasteiger partial charge in [0.05, 0.1) is 17.9 Å². The molecule has 0 bridgehead atoms. The largest absolute Gasteiger partial charge is 0.397 e. The molecule has 1 amide bonds. The maximum absolute atomic E-state index is 12.1. The molecule has 0 fully saturated rings. The highest BCUT2D eigenvalue weighted by molar-refractivity contribution is 5.93. The highest BCUT2D eigenvalue weighted by Gasteiger charge is 2.11. The zero-order valence-corrected chi connectivity index (χ0v) is 11.2. The summed E-state index contributed by atoms with van der Waals surface area (Å²) in [5, 5.41) is 2.85. The van der Waals surface area contributed by atoms with E-state index in [2.05, 4.69) is 10.3 Å². The van der Waals surface area contributed by atoms with Crippen molar-refractivity contribution in [3.8, 4) is 0 Å². The van der Waals surface area contributed by atoms with Crippen molar-refractivity contribution in [2.75, 3.05) is 5.73 Å². The van der Waals surface area contributed by atoms with Crippen molar-refractivity contribution >= 4 is 11.6 Å². The number of carbonyl (C=O) groups is 1. The van der Waals surface area contributed by atoms with Crippen LogP contribution in [0.25, 0.3) is 0 Å². The molecule has 0 saturated heterocycles. The van der Waals surface area contributed by atoms with Crippen molar-refractivity contribution in [1.29, 1.82) is 0 Å². The molecule has 2 rings (SSSR count). The summed E-state index contributed by atoms with van der Waals surface area (Å²) in [7, 11) is 0. The first kappa shape index (κ1) is 13.1. The number of nitrogens with one attached hydrogen (secondary N) is 1. The van der Waals surface area contributed by atoms with Crippen LogP contribution >= 0.6 is 0 Å². The summed E-state index contributed by atoms with van der Waals surface area (Å²) in [6, 6.07) is 7.42. The normalized spacial score (nSPS) is 10.4. The fraction of sp³-hybridized carbons (Fsp3) is 0.286. The van der Waals surface area contributed by atoms with Gasteiger partial charge in [-0.25, -0.2) is 0 Å². The Labute approximate surface area is 112 Å². The molecule has 0 aliphatic rings. The average Bonchev–Trinajstić information content (AvgIpc) is 2.77. The smallest absolute Gasteiger partial charge is 0.268 e. The fourth-order valence-electron chi connectivity index (χ4n) is 1.94. The molecular weight excluding hydrogens is 240 g/mol. The molecule has 19 heavy (non-hydrogen) atoms. The van der Waals surface area contributed by atoms with Crippen molar-refractivity contribution in [2.24, 2.45) is 0 Å². The number of nitrogens with two attached hydrogens (primary N) is 1. The van der Waals surface area contributed by atoms with E-state index in [4.69, 9.17) is 5.73 Å². The lowest BCUT2D eigenvalue weighted by atomic mass is 10.3. The number of nitrogens with zero attached hydrogens (tertiary/aromatic N) is 2. The Morgan fingerprint density at radius 1 is 1.47 bits per heavy atom. The van der Waals surface area contributed by atoms with E-state index in [0.29, 0.717) is 24.5 Å². The van der Waals surface area contributed by atoms with Crippen LogP contribution in [-0.4, -0.2) is 15.5 Å². The number of aryl methyl sites for hydroxylation is 2. The van der Waals surface area contributed by atoms with E-state index in [-0.39, 0.29) is 5.91 Å². The van der Waals surface area contributed by atoms with Gasteiger partial charge in [-0.2, -0.15) is 0 Å². The molecule has 0 unspecified atom stereocenters. The third-order valence-electron chi connectivity index (χ3n) is 2.87. The molecule has 5 heteroatoms. The SMILES string of the molecule is CCn1cc(N)cc1C(=O)NCc1cccc(C)n1. The van der Waals surface area contributed by atoms with Crippen LogP contribution < -0.4 is 11.1 Å². The quantitative estimate of drug-likeness (QED) is 0.877. The van der Waals surface area contributed by atoms with Crippen LogP contribution in [0.4, 0.5) is 5.69 Å². The number of hydrogen-bond acceptors (Lipinski definition) is 3. The Morgan fingerprint density at radius 2 is 2.26 bits per heavy atom. The number of aromatic nitrogens is 2. The van der Waals surface area contributed by atoms with E-state index in [1.165, 1.54) is 0 Å². The highest BCUT2D eigenvalue weighted by atomic mass is 16.1. The van der Waals surface area contributed by atoms with Crippen molar-refractivity contribution in [3.63, 3.8) is 0 Å². The maximum atomic E-state index is 12.1. The first-order chi connectivity index (χ1) is 9.10. The van der Waals surface area contributed by atoms with Gasteiger partial charge in [-0.1, -0.05) is 6.07 Å². The molecule has 0 saturated carbocycles. The van der Waals surface area contributed by atoms with E-state index in [1.807, 2.05) is 36.6 Å². The number of amides is 1. The molecule has 0 spiro atoms. The molecule has 0 aromatic carbocycles. The van der Waals surface area contributed by atoms with Gasteiger partial charge in [0.15, 0.2) is 0 Å². The Hall–Kier alpha value is -2.30. The summed E-state index contributed by atoms with van der Waals surface area (Å²) in [5.41, 5.74) is 8.66. The molecule has 3 N–H and O–H groups in total. The van der Waals surface area contributed by atoms with E-state index in [1.54, 1.807) is 12.3 Å². The van der Waals surface area contributed by atoms with Crippen LogP contribution in [0.5, 0.6) is 0 Å². The van der Waals surface area contributed by atoms with Crippen molar-refractivity contribution in [3.05, 3.63) is 47.5 Å². The minimum Gasteiger partial charge on any atom is -0.397 e. The first-order valence-electron chi connectivity index (χ1n) is 6.26. The molecule has 0 atom stereocenters. The Kier molecular flexibility index (Phi) is 3.85. The van der Waals surface area contributed by atoms with Crippen molar-refractivity contribution in [2.45, 2.75) is 26.9 Å². The van der Waals surface area contributed by atoms with Gasteiger partial charge >= 0.3 is 0 Å². The standard InChI is InChI=1S/C14H18N4O/c1-3-18-9-11(15)7-13(18)14(19)16-8-12-6-4-5-10(2)17-12/h4-7,9H,3,8,15H2,1-2H3,(H,16,19). The van der Waals surface area contributed by atoms with Crippen LogP contribution in [-0.2, 0) is 13.1 Å². The van der Waals surface area contributed by atoms with Gasteiger partial charge in [-0.3, -0.25) is 9.78 Å². The van der Waals surface area contributed by atoms with Crippen LogP contribution in [0.3, 0.4) is 0 Å². The molecule has 2 aromatic rings. The zero-order chi connectivity index (χ0) is 13.8. The minimum atomic E-state index is -0.137. The Balaban J connectivity index is 2.05. The van der Waals surface area contributed by atoms with E-state index >= 15 is 0 Å². The predicted octanol–water partition coefficient (Wildman–Crippen LogP) is 1.72. The molecule has 2 aromatic heterocycles. The molecule has 0 radical (unpaired) electrons. The monoisotopic (exact) mass is 258 g/mol.